The van der Waals surface area contributed by atoms with E-state index in [0.29, 0.717) is 6.42 Å². The van der Waals surface area contributed by atoms with E-state index in [2.05, 4.69) is 5.32 Å². The molecule has 0 spiro atoms. The molecule has 0 radical (unpaired) electrons. The molecule has 0 saturated heterocycles. The van der Waals surface area contributed by atoms with Gasteiger partial charge in [0.25, 0.3) is 0 Å². The monoisotopic (exact) mass is 174 g/mol. The average molecular weight is 174 g/mol. The van der Waals surface area contributed by atoms with Gasteiger partial charge in [-0.15, -0.1) is 0 Å². The van der Waals surface area contributed by atoms with Crippen LogP contribution in [0.5, 0.6) is 0 Å². The van der Waals surface area contributed by atoms with E-state index in [1.807, 2.05) is 6.92 Å². The lowest BCUT2D eigenvalue weighted by Gasteiger charge is -2.11. The summed E-state index contributed by atoms with van der Waals surface area (Å²) in [4.78, 5) is 11.1. The van der Waals surface area contributed by atoms with Gasteiger partial charge in [0.1, 0.15) is 0 Å². The van der Waals surface area contributed by atoms with E-state index in [4.69, 9.17) is 10.8 Å². The van der Waals surface area contributed by atoms with Crippen molar-refractivity contribution in [2.45, 2.75) is 38.8 Å². The Bertz CT molecular complexity index is 137. The number of aliphatic hydroxyl groups is 1. The van der Waals surface area contributed by atoms with Gasteiger partial charge in [0.2, 0.25) is 5.91 Å². The second-order valence-electron chi connectivity index (χ2n) is 2.99. The summed E-state index contributed by atoms with van der Waals surface area (Å²) in [6, 6.07) is -0.436. The largest absolute Gasteiger partial charge is 0.392 e. The lowest BCUT2D eigenvalue weighted by atomic mass is 10.1. The summed E-state index contributed by atoms with van der Waals surface area (Å²) in [7, 11) is 0. The van der Waals surface area contributed by atoms with Crippen molar-refractivity contribution in [2.24, 2.45) is 5.73 Å². The van der Waals surface area contributed by atoms with Crippen molar-refractivity contribution in [3.8, 4) is 0 Å². The Morgan fingerprint density at radius 2 is 2.25 bits per heavy atom. The predicted molar refractivity (Wildman–Crippen MR) is 47.6 cm³/mol. The predicted octanol–water partition coefficient (Wildman–Crippen LogP) is -0.389. The van der Waals surface area contributed by atoms with Gasteiger partial charge in [-0.1, -0.05) is 13.3 Å². The molecule has 0 fully saturated rings. The molecular weight excluding hydrogens is 156 g/mol. The van der Waals surface area contributed by atoms with Crippen molar-refractivity contribution >= 4 is 5.91 Å². The molecular formula is C8H18N2O2. The van der Waals surface area contributed by atoms with E-state index >= 15 is 0 Å². The molecule has 0 aliphatic carbocycles. The van der Waals surface area contributed by atoms with E-state index in [9.17, 15) is 4.79 Å². The molecule has 0 aromatic carbocycles. The molecule has 0 unspecified atom stereocenters. The Hall–Kier alpha value is -0.610. The zero-order chi connectivity index (χ0) is 9.56. The van der Waals surface area contributed by atoms with Crippen molar-refractivity contribution in [2.75, 3.05) is 6.54 Å². The van der Waals surface area contributed by atoms with Gasteiger partial charge in [0.05, 0.1) is 12.1 Å². The van der Waals surface area contributed by atoms with E-state index in [1.165, 1.54) is 0 Å². The molecule has 4 heteroatoms. The van der Waals surface area contributed by atoms with Crippen LogP contribution in [0.25, 0.3) is 0 Å². The quantitative estimate of drug-likeness (QED) is 0.531. The van der Waals surface area contributed by atoms with Crippen LogP contribution in [0.4, 0.5) is 0 Å². The maximum absolute atomic E-state index is 11.1. The van der Waals surface area contributed by atoms with E-state index < -0.39 is 12.1 Å². The topological polar surface area (TPSA) is 75.4 Å². The van der Waals surface area contributed by atoms with Gasteiger partial charge < -0.3 is 16.2 Å². The molecule has 0 aromatic rings. The second kappa shape index (κ2) is 5.97. The minimum absolute atomic E-state index is 0.183. The van der Waals surface area contributed by atoms with Crippen LogP contribution in [0.15, 0.2) is 0 Å². The van der Waals surface area contributed by atoms with Crippen molar-refractivity contribution in [3.63, 3.8) is 0 Å². The van der Waals surface area contributed by atoms with Crippen LogP contribution in [0.3, 0.4) is 0 Å². The smallest absolute Gasteiger partial charge is 0.237 e. The third kappa shape index (κ3) is 5.09. The van der Waals surface area contributed by atoms with Crippen molar-refractivity contribution in [1.29, 1.82) is 0 Å². The Labute approximate surface area is 73.1 Å². The number of hydrogen-bond acceptors (Lipinski definition) is 3. The van der Waals surface area contributed by atoms with Crippen LogP contribution in [0, 0.1) is 0 Å². The Morgan fingerprint density at radius 1 is 1.67 bits per heavy atom. The molecule has 4 nitrogen and oxygen atoms in total. The molecule has 0 rings (SSSR count). The van der Waals surface area contributed by atoms with Gasteiger partial charge in [-0.3, -0.25) is 4.79 Å². The first-order valence-corrected chi connectivity index (χ1v) is 4.29. The van der Waals surface area contributed by atoms with E-state index in [1.54, 1.807) is 6.92 Å². The van der Waals surface area contributed by atoms with Gasteiger partial charge in [-0.2, -0.15) is 0 Å². The summed E-state index contributed by atoms with van der Waals surface area (Å²) in [5.41, 5.74) is 5.52. The molecule has 2 atom stereocenters. The minimum Gasteiger partial charge on any atom is -0.392 e. The summed E-state index contributed by atoms with van der Waals surface area (Å²) in [5, 5.41) is 11.4. The fourth-order valence-electron chi connectivity index (χ4n) is 0.821. The summed E-state index contributed by atoms with van der Waals surface area (Å²) in [5.74, 6) is -0.183. The summed E-state index contributed by atoms with van der Waals surface area (Å²) in [6.45, 7) is 3.86. The zero-order valence-corrected chi connectivity index (χ0v) is 7.71. The van der Waals surface area contributed by atoms with Gasteiger partial charge in [0.15, 0.2) is 0 Å². The summed E-state index contributed by atoms with van der Waals surface area (Å²) < 4.78 is 0. The first-order chi connectivity index (χ1) is 5.57. The number of rotatable bonds is 5. The van der Waals surface area contributed by atoms with Crippen LogP contribution < -0.4 is 11.1 Å². The molecule has 0 aromatic heterocycles. The molecule has 0 heterocycles. The maximum Gasteiger partial charge on any atom is 0.237 e. The highest BCUT2D eigenvalue weighted by Crippen LogP contribution is 1.92. The Morgan fingerprint density at radius 3 is 2.67 bits per heavy atom. The minimum atomic E-state index is -0.511. The fraction of sp³-hybridized carbons (Fsp3) is 0.875. The van der Waals surface area contributed by atoms with Gasteiger partial charge >= 0.3 is 0 Å². The Kier molecular flexibility index (Phi) is 5.66. The van der Waals surface area contributed by atoms with Gasteiger partial charge in [-0.25, -0.2) is 0 Å². The lowest BCUT2D eigenvalue weighted by Crippen LogP contribution is -2.42. The maximum atomic E-state index is 11.1. The fourth-order valence-corrected chi connectivity index (χ4v) is 0.821. The normalized spacial score (nSPS) is 15.3. The molecule has 12 heavy (non-hydrogen) atoms. The molecule has 0 bridgehead atoms. The molecule has 1 amide bonds. The van der Waals surface area contributed by atoms with Crippen molar-refractivity contribution < 1.29 is 9.90 Å². The number of nitrogens with two attached hydrogens (primary N) is 1. The van der Waals surface area contributed by atoms with Crippen molar-refractivity contribution in [1.82, 2.24) is 5.32 Å². The Balaban J connectivity index is 3.57. The number of aliphatic hydroxyl groups excluding tert-OH is 1. The van der Waals surface area contributed by atoms with Crippen molar-refractivity contribution in [3.05, 3.63) is 0 Å². The van der Waals surface area contributed by atoms with Crippen LogP contribution >= 0.6 is 0 Å². The number of carbonyl (C=O) groups excluding carboxylic acids is 1. The third-order valence-corrected chi connectivity index (χ3v) is 1.51. The molecule has 0 aliphatic rings. The van der Waals surface area contributed by atoms with E-state index in [0.717, 1.165) is 6.42 Å². The summed E-state index contributed by atoms with van der Waals surface area (Å²) >= 11 is 0. The standard InChI is InChI=1S/C8H18N2O2/c1-3-4-7(9)8(12)10-5-6(2)11/h6-7,11H,3-5,9H2,1-2H3,(H,10,12)/t6-,7+/m1/s1. The zero-order valence-electron chi connectivity index (χ0n) is 7.71. The van der Waals surface area contributed by atoms with E-state index in [-0.39, 0.29) is 12.5 Å². The van der Waals surface area contributed by atoms with Crippen LogP contribution in [0.1, 0.15) is 26.7 Å². The summed E-state index contributed by atoms with van der Waals surface area (Å²) in [6.07, 6.45) is 1.07. The number of nitrogens with one attached hydrogen (secondary N) is 1. The molecule has 4 N–H and O–H groups in total. The van der Waals surface area contributed by atoms with Gasteiger partial charge in [-0.05, 0) is 13.3 Å². The number of amides is 1. The lowest BCUT2D eigenvalue weighted by molar-refractivity contribution is -0.122. The first kappa shape index (κ1) is 11.4. The molecule has 0 saturated carbocycles. The van der Waals surface area contributed by atoms with Gasteiger partial charge in [0, 0.05) is 6.54 Å². The highest BCUT2D eigenvalue weighted by Gasteiger charge is 2.11. The van der Waals surface area contributed by atoms with Crippen LogP contribution in [-0.4, -0.2) is 29.7 Å². The highest BCUT2D eigenvalue weighted by molar-refractivity contribution is 5.81. The highest BCUT2D eigenvalue weighted by atomic mass is 16.3. The second-order valence-corrected chi connectivity index (χ2v) is 2.99. The number of hydrogen-bond donors (Lipinski definition) is 3. The van der Waals surface area contributed by atoms with Crippen LogP contribution in [0.2, 0.25) is 0 Å². The average Bonchev–Trinajstić information content (AvgIpc) is 2.00. The molecule has 72 valence electrons. The number of carbonyl (C=O) groups is 1. The van der Waals surface area contributed by atoms with Crippen LogP contribution in [-0.2, 0) is 4.79 Å². The molecule has 0 aliphatic heterocycles. The SMILES string of the molecule is CCC[C@H](N)C(=O)NC[C@@H](C)O. The third-order valence-electron chi connectivity index (χ3n) is 1.51. The first-order valence-electron chi connectivity index (χ1n) is 4.29.